The Labute approximate surface area is 273 Å². The smallest absolute Gasteiger partial charge is 0.475 e. The highest BCUT2D eigenvalue weighted by Crippen LogP contribution is 2.30. The van der Waals surface area contributed by atoms with Gasteiger partial charge in [0.25, 0.3) is 10.0 Å². The average molecular weight is 736 g/mol. The van der Waals surface area contributed by atoms with Crippen molar-refractivity contribution in [2.45, 2.75) is 30.0 Å². The molecule has 4 rings (SSSR count). The minimum absolute atomic E-state index is 0.260. The molecule has 49 heavy (non-hydrogen) atoms. The Hall–Kier alpha value is -4.21. The third-order valence-corrected chi connectivity index (χ3v) is 7.89. The maximum atomic E-state index is 12.8. The zero-order chi connectivity index (χ0) is 37.2. The topological polar surface area (TPSA) is 152 Å². The molecule has 0 atom stereocenters. The quantitative estimate of drug-likeness (QED) is 0.190. The van der Waals surface area contributed by atoms with Gasteiger partial charge in [-0.05, 0) is 43.4 Å². The maximum absolute atomic E-state index is 12.8. The lowest BCUT2D eigenvalue weighted by Crippen LogP contribution is -2.46. The number of sulfonamides is 1. The highest BCUT2D eigenvalue weighted by Gasteiger charge is 2.39. The van der Waals surface area contributed by atoms with Crippen LogP contribution in [0.4, 0.5) is 45.2 Å². The predicted molar refractivity (Wildman–Crippen MR) is 157 cm³/mol. The molecule has 1 aliphatic heterocycles. The number of rotatable bonds is 8. The van der Waals surface area contributed by atoms with E-state index in [1.807, 2.05) is 18.2 Å². The lowest BCUT2D eigenvalue weighted by molar-refractivity contribution is -0.193. The summed E-state index contributed by atoms with van der Waals surface area (Å²) in [5.41, 5.74) is 0.591. The Morgan fingerprint density at radius 3 is 1.84 bits per heavy atom. The van der Waals surface area contributed by atoms with Gasteiger partial charge in [0.2, 0.25) is 0 Å². The summed E-state index contributed by atoms with van der Waals surface area (Å²) >= 11 is 0. The fourth-order valence-electron chi connectivity index (χ4n) is 3.92. The van der Waals surface area contributed by atoms with Crippen molar-refractivity contribution in [1.82, 2.24) is 20.1 Å². The summed E-state index contributed by atoms with van der Waals surface area (Å²) in [4.78, 5) is 26.9. The first-order valence-corrected chi connectivity index (χ1v) is 15.3. The first-order valence-electron chi connectivity index (χ1n) is 13.8. The molecule has 0 spiro atoms. The summed E-state index contributed by atoms with van der Waals surface area (Å²) in [6, 6.07) is 12.3. The van der Waals surface area contributed by atoms with Gasteiger partial charge in [-0.1, -0.05) is 18.2 Å². The molecule has 1 aromatic heterocycles. The van der Waals surface area contributed by atoms with E-state index in [-0.39, 0.29) is 10.6 Å². The van der Waals surface area contributed by atoms with Crippen molar-refractivity contribution < 1.29 is 67.7 Å². The normalized spacial score (nSPS) is 14.7. The molecular formula is C28H30F9N5O6S. The number of aromatic nitrogens is 1. The molecule has 3 aromatic rings. The van der Waals surface area contributed by atoms with E-state index >= 15 is 0 Å². The van der Waals surface area contributed by atoms with Crippen LogP contribution < -0.4 is 10.0 Å². The van der Waals surface area contributed by atoms with Gasteiger partial charge in [-0.2, -0.15) is 39.5 Å². The molecule has 2 aromatic carbocycles. The Bertz CT molecular complexity index is 1640. The van der Waals surface area contributed by atoms with Crippen molar-refractivity contribution in [3.8, 4) is 0 Å². The second-order valence-electron chi connectivity index (χ2n) is 10.2. The summed E-state index contributed by atoms with van der Waals surface area (Å²) in [6.45, 7) is 6.52. The molecule has 1 aliphatic rings. The standard InChI is InChI=1S/C24H28F3N5O2S.2C2HF3O2/c1-31-13-15-32(16-14-31)12-11-28-17-20-8-5-18-3-2-4-22(23(18)29-20)30-35(33,34)21-9-6-19(7-10-21)24(25,26)27;2*3-2(4,5)1(6)7/h2-10,28,30H,11-17H2,1H3;2*(H,6,7). The van der Waals surface area contributed by atoms with E-state index in [0.29, 0.717) is 12.1 Å². The molecule has 0 bridgehead atoms. The van der Waals surface area contributed by atoms with Gasteiger partial charge in [0.1, 0.15) is 0 Å². The van der Waals surface area contributed by atoms with Crippen molar-refractivity contribution in [3.05, 3.63) is 65.9 Å². The number of benzene rings is 2. The van der Waals surface area contributed by atoms with Gasteiger partial charge < -0.3 is 20.4 Å². The number of alkyl halides is 9. The number of aliphatic carboxylic acids is 2. The third-order valence-electron chi connectivity index (χ3n) is 6.51. The molecule has 0 saturated carbocycles. The van der Waals surface area contributed by atoms with Gasteiger partial charge >= 0.3 is 30.5 Å². The summed E-state index contributed by atoms with van der Waals surface area (Å²) in [5, 5.41) is 18.4. The zero-order valence-corrected chi connectivity index (χ0v) is 26.1. The second kappa shape index (κ2) is 16.9. The Balaban J connectivity index is 0.000000500. The number of halogens is 9. The van der Waals surface area contributed by atoms with Crippen molar-refractivity contribution in [2.75, 3.05) is 51.0 Å². The first-order chi connectivity index (χ1) is 22.5. The number of hydrogen-bond acceptors (Lipinski definition) is 8. The monoisotopic (exact) mass is 735 g/mol. The lowest BCUT2D eigenvalue weighted by atomic mass is 10.2. The van der Waals surface area contributed by atoms with E-state index in [2.05, 4.69) is 31.9 Å². The second-order valence-corrected chi connectivity index (χ2v) is 11.9. The molecule has 0 unspecified atom stereocenters. The van der Waals surface area contributed by atoms with Gasteiger partial charge in [0.15, 0.2) is 0 Å². The molecule has 1 saturated heterocycles. The number of fused-ring (bicyclic) bond motifs is 1. The fraction of sp³-hybridized carbons (Fsp3) is 0.393. The van der Waals surface area contributed by atoms with E-state index in [9.17, 15) is 47.9 Å². The Morgan fingerprint density at radius 1 is 0.816 bits per heavy atom. The molecule has 272 valence electrons. The summed E-state index contributed by atoms with van der Waals surface area (Å²) in [5.74, 6) is -5.51. The number of para-hydroxylation sites is 1. The van der Waals surface area contributed by atoms with Gasteiger partial charge in [-0.15, -0.1) is 0 Å². The lowest BCUT2D eigenvalue weighted by Gasteiger charge is -2.32. The van der Waals surface area contributed by atoms with Crippen molar-refractivity contribution in [2.24, 2.45) is 0 Å². The van der Waals surface area contributed by atoms with Crippen molar-refractivity contribution in [1.29, 1.82) is 0 Å². The van der Waals surface area contributed by atoms with Crippen LogP contribution in [0, 0.1) is 0 Å². The molecule has 0 radical (unpaired) electrons. The number of anilines is 1. The molecule has 11 nitrogen and oxygen atoms in total. The van der Waals surface area contributed by atoms with E-state index in [4.69, 9.17) is 19.8 Å². The van der Waals surface area contributed by atoms with Crippen LogP contribution in [-0.2, 0) is 32.3 Å². The number of nitrogens with zero attached hydrogens (tertiary/aromatic N) is 3. The van der Waals surface area contributed by atoms with Crippen LogP contribution in [0.5, 0.6) is 0 Å². The number of carboxylic acid groups (broad SMARTS) is 2. The largest absolute Gasteiger partial charge is 0.490 e. The fourth-order valence-corrected chi connectivity index (χ4v) is 4.99. The minimum Gasteiger partial charge on any atom is -0.475 e. The predicted octanol–water partition coefficient (Wildman–Crippen LogP) is 4.66. The van der Waals surface area contributed by atoms with E-state index in [1.54, 1.807) is 12.1 Å². The Morgan fingerprint density at radius 2 is 1.35 bits per heavy atom. The van der Waals surface area contributed by atoms with Crippen molar-refractivity contribution >= 4 is 38.6 Å². The minimum atomic E-state index is -5.08. The van der Waals surface area contributed by atoms with Gasteiger partial charge in [-0.25, -0.2) is 23.0 Å². The summed E-state index contributed by atoms with van der Waals surface area (Å²) in [7, 11) is -1.98. The summed E-state index contributed by atoms with van der Waals surface area (Å²) in [6.07, 6.45) is -14.7. The van der Waals surface area contributed by atoms with Crippen LogP contribution in [0.2, 0.25) is 0 Å². The van der Waals surface area contributed by atoms with Crippen LogP contribution in [0.25, 0.3) is 10.9 Å². The Kier molecular flexibility index (Phi) is 14.2. The van der Waals surface area contributed by atoms with Gasteiger partial charge in [-0.3, -0.25) is 9.62 Å². The first kappa shape index (κ1) is 41.0. The average Bonchev–Trinajstić information content (AvgIpc) is 2.99. The molecule has 0 aliphatic carbocycles. The molecule has 1 fully saturated rings. The molecule has 4 N–H and O–H groups in total. The highest BCUT2D eigenvalue weighted by molar-refractivity contribution is 7.92. The van der Waals surface area contributed by atoms with Crippen LogP contribution in [-0.4, -0.2) is 104 Å². The number of carbonyl (C=O) groups is 2. The maximum Gasteiger partial charge on any atom is 0.490 e. The molecular weight excluding hydrogens is 705 g/mol. The summed E-state index contributed by atoms with van der Waals surface area (Å²) < 4.78 is 130. The number of likely N-dealkylation sites (N-methyl/N-ethyl adjacent to an activating group) is 1. The van der Waals surface area contributed by atoms with Crippen LogP contribution in [0.3, 0.4) is 0 Å². The zero-order valence-electron chi connectivity index (χ0n) is 25.3. The number of carboxylic acids is 2. The number of pyridine rings is 1. The van der Waals surface area contributed by atoms with Crippen LogP contribution >= 0.6 is 0 Å². The van der Waals surface area contributed by atoms with E-state index in [1.165, 1.54) is 0 Å². The van der Waals surface area contributed by atoms with E-state index < -0.39 is 46.1 Å². The van der Waals surface area contributed by atoms with Gasteiger partial charge in [0.05, 0.1) is 27.4 Å². The number of piperazine rings is 1. The molecule has 2 heterocycles. The van der Waals surface area contributed by atoms with Crippen LogP contribution in [0.1, 0.15) is 11.3 Å². The number of nitrogens with one attached hydrogen (secondary N) is 2. The third kappa shape index (κ3) is 13.7. The van der Waals surface area contributed by atoms with E-state index in [0.717, 1.165) is 74.6 Å². The van der Waals surface area contributed by atoms with Crippen molar-refractivity contribution in [3.63, 3.8) is 0 Å². The highest BCUT2D eigenvalue weighted by atomic mass is 32.2. The molecule has 21 heteroatoms. The molecule has 0 amide bonds. The SMILES string of the molecule is CN1CCN(CCNCc2ccc3cccc(NS(=O)(=O)c4ccc(C(F)(F)F)cc4)c3n2)CC1.O=C(O)C(F)(F)F.O=C(O)C(F)(F)F. The van der Waals surface area contributed by atoms with Gasteiger partial charge in [0, 0.05) is 51.2 Å². The van der Waals surface area contributed by atoms with Crippen LogP contribution in [0.15, 0.2) is 59.5 Å². The number of hydrogen-bond donors (Lipinski definition) is 4.